The number of aromatic nitrogens is 2. The highest BCUT2D eigenvalue weighted by molar-refractivity contribution is 6.03. The highest BCUT2D eigenvalue weighted by Gasteiger charge is 2.28. The van der Waals surface area contributed by atoms with Crippen molar-refractivity contribution >= 4 is 11.6 Å². The van der Waals surface area contributed by atoms with Crippen LogP contribution in [0.3, 0.4) is 0 Å². The van der Waals surface area contributed by atoms with Crippen LogP contribution in [-0.4, -0.2) is 21.9 Å². The second-order valence-corrected chi connectivity index (χ2v) is 8.31. The molecule has 0 aliphatic heterocycles. The second-order valence-electron chi connectivity index (χ2n) is 8.31. The Hall–Kier alpha value is -3.26. The average molecular weight is 440 g/mol. The minimum atomic E-state index is -0.966. The number of halogens is 3. The molecule has 0 spiro atoms. The zero-order valence-electron chi connectivity index (χ0n) is 17.5. The van der Waals surface area contributed by atoms with Gasteiger partial charge < -0.3 is 11.1 Å². The number of hydrogen-bond acceptors (Lipinski definition) is 4. The summed E-state index contributed by atoms with van der Waals surface area (Å²) in [6, 6.07) is 7.25. The first-order valence-electron chi connectivity index (χ1n) is 10.4. The van der Waals surface area contributed by atoms with Crippen LogP contribution >= 0.6 is 0 Å². The third-order valence-electron chi connectivity index (χ3n) is 5.80. The van der Waals surface area contributed by atoms with E-state index in [-0.39, 0.29) is 17.7 Å². The van der Waals surface area contributed by atoms with Gasteiger partial charge >= 0.3 is 0 Å². The van der Waals surface area contributed by atoms with Crippen LogP contribution in [0.4, 0.5) is 18.9 Å². The van der Waals surface area contributed by atoms with Gasteiger partial charge in [0, 0.05) is 12.2 Å². The van der Waals surface area contributed by atoms with Crippen LogP contribution < -0.4 is 11.1 Å². The summed E-state index contributed by atoms with van der Waals surface area (Å²) in [6.45, 7) is 2.15. The molecule has 3 N–H and O–H groups in total. The summed E-state index contributed by atoms with van der Waals surface area (Å²) in [7, 11) is 0. The predicted octanol–water partition coefficient (Wildman–Crippen LogP) is 5.04. The fourth-order valence-corrected chi connectivity index (χ4v) is 4.43. The van der Waals surface area contributed by atoms with Crippen molar-refractivity contribution in [2.45, 2.75) is 38.1 Å². The maximum atomic E-state index is 14.3. The number of amides is 1. The first kappa shape index (κ1) is 22.0. The lowest BCUT2D eigenvalue weighted by Crippen LogP contribution is -2.31. The third kappa shape index (κ3) is 4.50. The van der Waals surface area contributed by atoms with Gasteiger partial charge in [0.15, 0.2) is 0 Å². The lowest BCUT2D eigenvalue weighted by Gasteiger charge is -2.32. The summed E-state index contributed by atoms with van der Waals surface area (Å²) >= 11 is 0. The van der Waals surface area contributed by atoms with Gasteiger partial charge in [-0.2, -0.15) is 0 Å². The quantitative estimate of drug-likeness (QED) is 0.595. The van der Waals surface area contributed by atoms with Crippen molar-refractivity contribution < 1.29 is 18.0 Å². The first-order valence-corrected chi connectivity index (χ1v) is 10.4. The SMILES string of the molecule is C[C@@H]1C[C@@H](N)C[C@H](c2ccncc2NC(=O)c2ccc(F)c(-c3c(F)cccc3F)n2)C1. The molecule has 0 saturated heterocycles. The van der Waals surface area contributed by atoms with E-state index in [2.05, 4.69) is 22.2 Å². The van der Waals surface area contributed by atoms with Crippen molar-refractivity contribution in [3.8, 4) is 11.3 Å². The first-order chi connectivity index (χ1) is 15.3. The van der Waals surface area contributed by atoms with Gasteiger partial charge in [0.2, 0.25) is 0 Å². The second kappa shape index (κ2) is 9.08. The summed E-state index contributed by atoms with van der Waals surface area (Å²) in [5.41, 5.74) is 6.26. The molecule has 1 aliphatic rings. The molecule has 2 heterocycles. The molecule has 8 heteroatoms. The molecular weight excluding hydrogens is 417 g/mol. The molecule has 1 saturated carbocycles. The molecule has 0 radical (unpaired) electrons. The van der Waals surface area contributed by atoms with Gasteiger partial charge in [-0.15, -0.1) is 0 Å². The van der Waals surface area contributed by atoms with Crippen LogP contribution in [0.2, 0.25) is 0 Å². The van der Waals surface area contributed by atoms with Crippen LogP contribution in [0.15, 0.2) is 48.8 Å². The number of anilines is 1. The number of carbonyl (C=O) groups excluding carboxylic acids is 1. The fourth-order valence-electron chi connectivity index (χ4n) is 4.43. The molecule has 3 atom stereocenters. The number of hydrogen-bond donors (Lipinski definition) is 2. The Morgan fingerprint density at radius 2 is 1.78 bits per heavy atom. The van der Waals surface area contributed by atoms with Crippen LogP contribution in [0.5, 0.6) is 0 Å². The smallest absolute Gasteiger partial charge is 0.274 e. The van der Waals surface area contributed by atoms with E-state index < -0.39 is 34.6 Å². The molecule has 4 rings (SSSR count). The number of carbonyl (C=O) groups is 1. The summed E-state index contributed by atoms with van der Waals surface area (Å²) in [5.74, 6) is -2.88. The maximum Gasteiger partial charge on any atom is 0.274 e. The molecule has 3 aromatic rings. The number of benzene rings is 1. The molecular formula is C24H23F3N4O. The highest BCUT2D eigenvalue weighted by Crippen LogP contribution is 2.38. The molecule has 0 bridgehead atoms. The van der Waals surface area contributed by atoms with Crippen molar-refractivity contribution in [2.75, 3.05) is 5.32 Å². The van der Waals surface area contributed by atoms with E-state index in [0.717, 1.165) is 43.0 Å². The van der Waals surface area contributed by atoms with Gasteiger partial charge in [-0.25, -0.2) is 18.2 Å². The maximum absolute atomic E-state index is 14.3. The van der Waals surface area contributed by atoms with E-state index in [1.807, 2.05) is 6.07 Å². The topological polar surface area (TPSA) is 80.9 Å². The van der Waals surface area contributed by atoms with Crippen LogP contribution in [-0.2, 0) is 0 Å². The van der Waals surface area contributed by atoms with Crippen LogP contribution in [0, 0.1) is 23.4 Å². The molecule has 166 valence electrons. The van der Waals surface area contributed by atoms with Crippen molar-refractivity contribution in [3.63, 3.8) is 0 Å². The minimum absolute atomic E-state index is 0.0810. The largest absolute Gasteiger partial charge is 0.328 e. The molecule has 1 aliphatic carbocycles. The molecule has 2 aromatic heterocycles. The van der Waals surface area contributed by atoms with Gasteiger partial charge in [0.05, 0.1) is 17.4 Å². The van der Waals surface area contributed by atoms with Crippen molar-refractivity contribution in [1.29, 1.82) is 0 Å². The monoisotopic (exact) mass is 440 g/mol. The molecule has 32 heavy (non-hydrogen) atoms. The van der Waals surface area contributed by atoms with Gasteiger partial charge in [-0.3, -0.25) is 9.78 Å². The van der Waals surface area contributed by atoms with Crippen LogP contribution in [0.25, 0.3) is 11.3 Å². The van der Waals surface area contributed by atoms with Gasteiger partial charge in [-0.05, 0) is 67.0 Å². The van der Waals surface area contributed by atoms with E-state index >= 15 is 0 Å². The summed E-state index contributed by atoms with van der Waals surface area (Å²) < 4.78 is 42.6. The Kier molecular flexibility index (Phi) is 6.23. The zero-order valence-corrected chi connectivity index (χ0v) is 17.5. The molecule has 0 unspecified atom stereocenters. The lowest BCUT2D eigenvalue weighted by atomic mass is 9.76. The van der Waals surface area contributed by atoms with E-state index in [1.54, 1.807) is 12.4 Å². The van der Waals surface area contributed by atoms with E-state index in [4.69, 9.17) is 5.73 Å². The highest BCUT2D eigenvalue weighted by atomic mass is 19.1. The Morgan fingerprint density at radius 3 is 2.50 bits per heavy atom. The van der Waals surface area contributed by atoms with E-state index in [1.165, 1.54) is 12.1 Å². The lowest BCUT2D eigenvalue weighted by molar-refractivity contribution is 0.102. The number of nitrogens with zero attached hydrogens (tertiary/aromatic N) is 2. The molecule has 5 nitrogen and oxygen atoms in total. The van der Waals surface area contributed by atoms with Crippen molar-refractivity contribution in [2.24, 2.45) is 11.7 Å². The van der Waals surface area contributed by atoms with Gasteiger partial charge in [0.1, 0.15) is 28.8 Å². The summed E-state index contributed by atoms with van der Waals surface area (Å²) in [5, 5.41) is 2.77. The summed E-state index contributed by atoms with van der Waals surface area (Å²) in [6.07, 6.45) is 5.89. The van der Waals surface area contributed by atoms with Crippen molar-refractivity contribution in [3.05, 3.63) is 77.5 Å². The zero-order chi connectivity index (χ0) is 22.8. The van der Waals surface area contributed by atoms with Gasteiger partial charge in [-0.1, -0.05) is 13.0 Å². The number of rotatable bonds is 4. The Labute approximate surface area is 183 Å². The molecule has 1 fully saturated rings. The number of nitrogens with two attached hydrogens (primary N) is 1. The van der Waals surface area contributed by atoms with E-state index in [9.17, 15) is 18.0 Å². The Bertz CT molecular complexity index is 1120. The Balaban J connectivity index is 1.64. The molecule has 1 aromatic carbocycles. The number of pyridine rings is 2. The van der Waals surface area contributed by atoms with Crippen molar-refractivity contribution in [1.82, 2.24) is 9.97 Å². The van der Waals surface area contributed by atoms with Crippen LogP contribution in [0.1, 0.15) is 48.2 Å². The predicted molar refractivity (Wildman–Crippen MR) is 115 cm³/mol. The third-order valence-corrected chi connectivity index (χ3v) is 5.80. The molecule has 1 amide bonds. The Morgan fingerprint density at radius 1 is 1.03 bits per heavy atom. The summed E-state index contributed by atoms with van der Waals surface area (Å²) in [4.78, 5) is 20.9. The number of nitrogens with one attached hydrogen (secondary N) is 1. The van der Waals surface area contributed by atoms with Gasteiger partial charge in [0.25, 0.3) is 5.91 Å². The average Bonchev–Trinajstić information content (AvgIpc) is 2.74. The standard InChI is InChI=1S/C24H23F3N4O/c1-13-9-14(11-15(28)10-13)16-7-8-29-12-21(16)31-24(32)20-6-5-19(27)23(30-20)22-17(25)3-2-4-18(22)26/h2-8,12-15H,9-11,28H2,1H3,(H,31,32)/t13-,14+,15+/m0/s1. The fraction of sp³-hybridized carbons (Fsp3) is 0.292. The normalized spacial score (nSPS) is 20.7. The minimum Gasteiger partial charge on any atom is -0.328 e. The van der Waals surface area contributed by atoms with E-state index in [0.29, 0.717) is 11.6 Å².